The highest BCUT2D eigenvalue weighted by Crippen LogP contribution is 2.28. The van der Waals surface area contributed by atoms with Crippen LogP contribution in [0.25, 0.3) is 0 Å². The monoisotopic (exact) mass is 340 g/mol. The number of rotatable bonds is 4. The number of ketones is 1. The van der Waals surface area contributed by atoms with E-state index < -0.39 is 11.6 Å². The number of aromatic nitrogens is 2. The van der Waals surface area contributed by atoms with Crippen LogP contribution in [0.5, 0.6) is 5.75 Å². The Kier molecular flexibility index (Phi) is 4.23. The van der Waals surface area contributed by atoms with Gasteiger partial charge in [-0.3, -0.25) is 9.48 Å². The number of carbonyl (C=O) groups is 1. The first kappa shape index (κ1) is 14.7. The van der Waals surface area contributed by atoms with E-state index in [4.69, 9.17) is 4.74 Å². The predicted octanol–water partition coefficient (Wildman–Crippen LogP) is 3.61. The molecule has 20 heavy (non-hydrogen) atoms. The number of carbonyl (C=O) groups excluding carboxylic acids is 1. The van der Waals surface area contributed by atoms with Crippen molar-refractivity contribution in [2.24, 2.45) is 0 Å². The molecular formula is C14H14BrFN2O2. The molecular weight excluding hydrogens is 327 g/mol. The number of ether oxygens (including phenoxy) is 1. The van der Waals surface area contributed by atoms with Crippen molar-refractivity contribution in [2.75, 3.05) is 7.11 Å². The van der Waals surface area contributed by atoms with Crippen LogP contribution in [0.2, 0.25) is 0 Å². The van der Waals surface area contributed by atoms with Gasteiger partial charge in [0.25, 0.3) is 0 Å². The lowest BCUT2D eigenvalue weighted by atomic mass is 10.1. The van der Waals surface area contributed by atoms with Crippen LogP contribution < -0.4 is 4.74 Å². The summed E-state index contributed by atoms with van der Waals surface area (Å²) in [7, 11) is 1.40. The zero-order chi connectivity index (χ0) is 14.9. The molecule has 1 aromatic heterocycles. The van der Waals surface area contributed by atoms with Gasteiger partial charge in [0.1, 0.15) is 22.8 Å². The Labute approximate surface area is 124 Å². The molecule has 0 fully saturated rings. The van der Waals surface area contributed by atoms with Gasteiger partial charge in [0.05, 0.1) is 17.8 Å². The largest absolute Gasteiger partial charge is 0.496 e. The van der Waals surface area contributed by atoms with Crippen molar-refractivity contribution in [3.05, 3.63) is 45.9 Å². The van der Waals surface area contributed by atoms with E-state index >= 15 is 0 Å². The fraction of sp³-hybridized carbons (Fsp3) is 0.286. The molecule has 0 atom stereocenters. The maximum Gasteiger partial charge on any atom is 0.218 e. The molecule has 0 aliphatic carbocycles. The van der Waals surface area contributed by atoms with E-state index in [2.05, 4.69) is 21.0 Å². The summed E-state index contributed by atoms with van der Waals surface area (Å²) in [4.78, 5) is 12.6. The lowest BCUT2D eigenvalue weighted by molar-refractivity contribution is 0.101. The fourth-order valence-corrected chi connectivity index (χ4v) is 2.41. The summed E-state index contributed by atoms with van der Waals surface area (Å²) in [5.41, 5.74) is 0.224. The minimum Gasteiger partial charge on any atom is -0.496 e. The van der Waals surface area contributed by atoms with Crippen LogP contribution in [0, 0.1) is 5.82 Å². The molecule has 0 aliphatic heterocycles. The number of hydrogen-bond donors (Lipinski definition) is 0. The van der Waals surface area contributed by atoms with Gasteiger partial charge in [-0.25, -0.2) is 4.39 Å². The van der Waals surface area contributed by atoms with E-state index in [1.807, 2.05) is 13.8 Å². The maximum atomic E-state index is 14.0. The van der Waals surface area contributed by atoms with E-state index in [-0.39, 0.29) is 17.4 Å². The van der Waals surface area contributed by atoms with E-state index in [0.717, 1.165) is 0 Å². The predicted molar refractivity (Wildman–Crippen MR) is 76.7 cm³/mol. The molecule has 0 spiro atoms. The fourth-order valence-electron chi connectivity index (χ4n) is 1.96. The Bertz CT molecular complexity index is 653. The van der Waals surface area contributed by atoms with Crippen molar-refractivity contribution >= 4 is 21.7 Å². The molecule has 0 saturated carbocycles. The highest BCUT2D eigenvalue weighted by molar-refractivity contribution is 9.10. The molecule has 2 aromatic rings. The number of benzene rings is 1. The third kappa shape index (κ3) is 2.47. The Morgan fingerprint density at radius 2 is 2.15 bits per heavy atom. The lowest BCUT2D eigenvalue weighted by Gasteiger charge is -2.13. The minimum atomic E-state index is -0.613. The average molecular weight is 341 g/mol. The average Bonchev–Trinajstić information content (AvgIpc) is 2.79. The van der Waals surface area contributed by atoms with Crippen LogP contribution in [-0.2, 0) is 0 Å². The van der Waals surface area contributed by atoms with Crippen LogP contribution in [0.15, 0.2) is 28.9 Å². The molecule has 1 heterocycles. The van der Waals surface area contributed by atoms with E-state index in [1.165, 1.54) is 25.4 Å². The molecule has 0 aliphatic rings. The first-order chi connectivity index (χ1) is 9.47. The van der Waals surface area contributed by atoms with Crippen molar-refractivity contribution < 1.29 is 13.9 Å². The summed E-state index contributed by atoms with van der Waals surface area (Å²) in [6.45, 7) is 3.80. The standard InChI is InChI=1S/C14H14BrFN2O2/c1-8(2)18-13(9(15)7-17-18)14(19)12-10(16)5-4-6-11(12)20-3/h4-8H,1-3H3. The van der Waals surface area contributed by atoms with Gasteiger partial charge < -0.3 is 4.74 Å². The summed E-state index contributed by atoms with van der Waals surface area (Å²) < 4.78 is 21.2. The summed E-state index contributed by atoms with van der Waals surface area (Å²) in [5, 5.41) is 4.13. The van der Waals surface area contributed by atoms with Gasteiger partial charge in [0.15, 0.2) is 0 Å². The minimum absolute atomic E-state index is 0.0157. The Balaban J connectivity index is 2.61. The number of hydrogen-bond acceptors (Lipinski definition) is 3. The second-order valence-corrected chi connectivity index (χ2v) is 5.38. The SMILES string of the molecule is COc1cccc(F)c1C(=O)c1c(Br)cnn1C(C)C. The molecule has 4 nitrogen and oxygen atoms in total. The summed E-state index contributed by atoms with van der Waals surface area (Å²) in [6.07, 6.45) is 1.53. The van der Waals surface area contributed by atoms with Crippen molar-refractivity contribution in [1.29, 1.82) is 0 Å². The summed E-state index contributed by atoms with van der Waals surface area (Å²) in [6, 6.07) is 4.28. The molecule has 0 saturated heterocycles. The second kappa shape index (κ2) is 5.75. The maximum absolute atomic E-state index is 14.0. The zero-order valence-corrected chi connectivity index (χ0v) is 12.9. The first-order valence-corrected chi connectivity index (χ1v) is 6.86. The number of nitrogens with zero attached hydrogens (tertiary/aromatic N) is 2. The quantitative estimate of drug-likeness (QED) is 0.798. The number of halogens is 2. The molecule has 106 valence electrons. The van der Waals surface area contributed by atoms with Crippen LogP contribution in [-0.4, -0.2) is 22.7 Å². The molecule has 0 unspecified atom stereocenters. The highest BCUT2D eigenvalue weighted by atomic mass is 79.9. The van der Waals surface area contributed by atoms with Crippen LogP contribution >= 0.6 is 15.9 Å². The van der Waals surface area contributed by atoms with Gasteiger partial charge in [-0.05, 0) is 41.9 Å². The summed E-state index contributed by atoms with van der Waals surface area (Å²) in [5.74, 6) is -0.866. The van der Waals surface area contributed by atoms with E-state index in [1.54, 1.807) is 10.7 Å². The van der Waals surface area contributed by atoms with Gasteiger partial charge in [-0.2, -0.15) is 5.10 Å². The highest BCUT2D eigenvalue weighted by Gasteiger charge is 2.25. The van der Waals surface area contributed by atoms with Crippen molar-refractivity contribution in [2.45, 2.75) is 19.9 Å². The third-order valence-corrected chi connectivity index (χ3v) is 3.46. The van der Waals surface area contributed by atoms with Crippen molar-refractivity contribution in [3.63, 3.8) is 0 Å². The Morgan fingerprint density at radius 3 is 2.75 bits per heavy atom. The Morgan fingerprint density at radius 1 is 1.45 bits per heavy atom. The van der Waals surface area contributed by atoms with Crippen LogP contribution in [0.1, 0.15) is 35.9 Å². The molecule has 0 N–H and O–H groups in total. The first-order valence-electron chi connectivity index (χ1n) is 6.07. The van der Waals surface area contributed by atoms with Gasteiger partial charge in [-0.1, -0.05) is 6.07 Å². The second-order valence-electron chi connectivity index (χ2n) is 4.53. The molecule has 1 aromatic carbocycles. The smallest absolute Gasteiger partial charge is 0.218 e. The van der Waals surface area contributed by atoms with E-state index in [0.29, 0.717) is 10.2 Å². The lowest BCUT2D eigenvalue weighted by Crippen LogP contribution is -2.16. The zero-order valence-electron chi connectivity index (χ0n) is 11.4. The topological polar surface area (TPSA) is 44.1 Å². The molecule has 0 bridgehead atoms. The van der Waals surface area contributed by atoms with Gasteiger partial charge in [0.2, 0.25) is 5.78 Å². The van der Waals surface area contributed by atoms with Gasteiger partial charge in [0, 0.05) is 6.04 Å². The van der Waals surface area contributed by atoms with Crippen LogP contribution in [0.4, 0.5) is 4.39 Å². The van der Waals surface area contributed by atoms with E-state index in [9.17, 15) is 9.18 Å². The van der Waals surface area contributed by atoms with Crippen LogP contribution in [0.3, 0.4) is 0 Å². The summed E-state index contributed by atoms with van der Waals surface area (Å²) >= 11 is 3.29. The molecule has 2 rings (SSSR count). The van der Waals surface area contributed by atoms with Gasteiger partial charge in [-0.15, -0.1) is 0 Å². The Hall–Kier alpha value is -1.69. The molecule has 0 amide bonds. The normalized spacial score (nSPS) is 10.9. The van der Waals surface area contributed by atoms with Crippen molar-refractivity contribution in [3.8, 4) is 5.75 Å². The van der Waals surface area contributed by atoms with Gasteiger partial charge >= 0.3 is 0 Å². The molecule has 6 heteroatoms. The third-order valence-electron chi connectivity index (χ3n) is 2.88. The molecule has 0 radical (unpaired) electrons. The van der Waals surface area contributed by atoms with Crippen molar-refractivity contribution in [1.82, 2.24) is 9.78 Å². The number of methoxy groups -OCH3 is 1.